The predicted molar refractivity (Wildman–Crippen MR) is 33.5 cm³/mol. The summed E-state index contributed by atoms with van der Waals surface area (Å²) < 4.78 is 94.8. The van der Waals surface area contributed by atoms with Crippen LogP contribution < -0.4 is 0 Å². The summed E-state index contributed by atoms with van der Waals surface area (Å²) in [5.41, 5.74) is -1.68. The molecule has 0 radical (unpaired) electrons. The molecule has 0 amide bonds. The van der Waals surface area contributed by atoms with E-state index in [2.05, 4.69) is 5.10 Å². The van der Waals surface area contributed by atoms with Crippen LogP contribution in [0.25, 0.3) is 0 Å². The molecule has 1 aromatic heterocycles. The second-order valence-electron chi connectivity index (χ2n) is 2.71. The van der Waals surface area contributed by atoms with Gasteiger partial charge in [0.2, 0.25) is 0 Å². The van der Waals surface area contributed by atoms with Gasteiger partial charge in [-0.2, -0.15) is 40.2 Å². The Kier molecular flexibility index (Phi) is 2.64. The van der Waals surface area contributed by atoms with E-state index in [-0.39, 0.29) is 6.20 Å². The van der Waals surface area contributed by atoms with Crippen molar-refractivity contribution in [3.63, 3.8) is 0 Å². The Labute approximate surface area is 82.5 Å². The van der Waals surface area contributed by atoms with Crippen LogP contribution in [0.3, 0.4) is 0 Å². The molecule has 0 fully saturated rings. The molecule has 0 N–H and O–H groups in total. The molecule has 0 spiro atoms. The number of halogens is 8. The van der Waals surface area contributed by atoms with Crippen molar-refractivity contribution in [3.8, 4) is 0 Å². The third kappa shape index (κ3) is 2.09. The number of hydrogen-bond acceptors (Lipinski definition) is 1. The fraction of sp³-hybridized carbons (Fsp3) is 0.500. The number of nitrogens with zero attached hydrogens (tertiary/aromatic N) is 2. The van der Waals surface area contributed by atoms with Crippen molar-refractivity contribution < 1.29 is 35.1 Å². The Balaban J connectivity index is 3.13. The van der Waals surface area contributed by atoms with Gasteiger partial charge in [-0.25, -0.2) is 4.68 Å². The third-order valence-corrected chi connectivity index (χ3v) is 1.54. The lowest BCUT2D eigenvalue weighted by molar-refractivity contribution is -0.328. The highest BCUT2D eigenvalue weighted by atomic mass is 19.4. The molecule has 0 aromatic carbocycles. The van der Waals surface area contributed by atoms with Crippen LogP contribution >= 0.6 is 0 Å². The molecule has 0 aliphatic carbocycles. The van der Waals surface area contributed by atoms with Crippen LogP contribution in [-0.2, 0) is 12.2 Å². The molecule has 1 rings (SSSR count). The Morgan fingerprint density at radius 3 is 1.75 bits per heavy atom. The first-order valence-corrected chi connectivity index (χ1v) is 3.53. The summed E-state index contributed by atoms with van der Waals surface area (Å²) in [6, 6.07) is -5.48. The van der Waals surface area contributed by atoms with Gasteiger partial charge in [-0.05, 0) is 0 Å². The van der Waals surface area contributed by atoms with E-state index in [0.717, 1.165) is 0 Å². The molecular weight excluding hydrogens is 252 g/mol. The zero-order valence-electron chi connectivity index (χ0n) is 7.07. The van der Waals surface area contributed by atoms with E-state index in [0.29, 0.717) is 0 Å². The van der Waals surface area contributed by atoms with Crippen molar-refractivity contribution in [2.45, 2.75) is 18.4 Å². The summed E-state index contributed by atoms with van der Waals surface area (Å²) >= 11 is 0. The normalized spacial score (nSPS) is 14.2. The van der Waals surface area contributed by atoms with Gasteiger partial charge < -0.3 is 0 Å². The first-order valence-electron chi connectivity index (χ1n) is 3.53. The largest absolute Gasteiger partial charge is 0.477 e. The Bertz CT molecular complexity index is 373. The van der Waals surface area contributed by atoms with Crippen molar-refractivity contribution in [1.29, 1.82) is 0 Å². The van der Waals surface area contributed by atoms with Crippen LogP contribution in [-0.4, -0.2) is 16.0 Å². The van der Waals surface area contributed by atoms with Gasteiger partial charge in [-0.15, -0.1) is 0 Å². The molecule has 1 heterocycles. The van der Waals surface area contributed by atoms with E-state index in [1.807, 2.05) is 0 Å². The molecule has 92 valence electrons. The lowest BCUT2D eigenvalue weighted by atomic mass is 10.3. The molecular formula is C6H2F8N2. The molecule has 0 unspecified atom stereocenters. The van der Waals surface area contributed by atoms with E-state index in [9.17, 15) is 35.1 Å². The smallest absolute Gasteiger partial charge is 0.201 e. The van der Waals surface area contributed by atoms with Crippen molar-refractivity contribution in [2.24, 2.45) is 0 Å². The summed E-state index contributed by atoms with van der Waals surface area (Å²) in [5.74, 6) is 0. The molecule has 0 bridgehead atoms. The van der Waals surface area contributed by atoms with Crippen LogP contribution in [0.1, 0.15) is 5.56 Å². The summed E-state index contributed by atoms with van der Waals surface area (Å²) in [6.45, 7) is 0. The first-order chi connectivity index (χ1) is 6.96. The minimum Gasteiger partial charge on any atom is -0.201 e. The van der Waals surface area contributed by atoms with Crippen LogP contribution in [0.4, 0.5) is 35.1 Å². The zero-order chi connectivity index (χ0) is 12.8. The molecule has 0 saturated carbocycles. The number of alkyl halides is 8. The van der Waals surface area contributed by atoms with Gasteiger partial charge in [0.15, 0.2) is 0 Å². The summed E-state index contributed by atoms with van der Waals surface area (Å²) in [7, 11) is 0. The zero-order valence-corrected chi connectivity index (χ0v) is 7.07. The van der Waals surface area contributed by atoms with Crippen LogP contribution in [0, 0.1) is 0 Å². The molecule has 0 atom stereocenters. The molecule has 1 aromatic rings. The monoisotopic (exact) mass is 254 g/mol. The third-order valence-electron chi connectivity index (χ3n) is 1.54. The topological polar surface area (TPSA) is 17.8 Å². The molecule has 0 aliphatic rings. The first kappa shape index (κ1) is 12.7. The SMILES string of the molecule is FC(F)(F)c1cnn(C(F)(F)C(F)(F)F)c1. The van der Waals surface area contributed by atoms with Crippen molar-refractivity contribution in [2.75, 3.05) is 0 Å². The van der Waals surface area contributed by atoms with Gasteiger partial charge in [0, 0.05) is 6.20 Å². The van der Waals surface area contributed by atoms with Gasteiger partial charge in [0.25, 0.3) is 0 Å². The maximum Gasteiger partial charge on any atom is 0.477 e. The predicted octanol–water partition coefficient (Wildman–Crippen LogP) is 3.01. The quantitative estimate of drug-likeness (QED) is 0.704. The van der Waals surface area contributed by atoms with Gasteiger partial charge in [-0.1, -0.05) is 0 Å². The number of rotatable bonds is 1. The Morgan fingerprint density at radius 1 is 0.938 bits per heavy atom. The second kappa shape index (κ2) is 3.32. The molecule has 2 nitrogen and oxygen atoms in total. The molecule has 0 saturated heterocycles. The van der Waals surface area contributed by atoms with Crippen LogP contribution in [0.15, 0.2) is 12.4 Å². The van der Waals surface area contributed by atoms with E-state index in [1.165, 1.54) is 0 Å². The van der Waals surface area contributed by atoms with Gasteiger partial charge in [0.1, 0.15) is 0 Å². The summed E-state index contributed by atoms with van der Waals surface area (Å²) in [4.78, 5) is 0. The average Bonchev–Trinajstić information content (AvgIpc) is 2.47. The van der Waals surface area contributed by atoms with E-state index in [4.69, 9.17) is 0 Å². The van der Waals surface area contributed by atoms with Crippen LogP contribution in [0.5, 0.6) is 0 Å². The fourth-order valence-electron chi connectivity index (χ4n) is 0.753. The van der Waals surface area contributed by atoms with E-state index in [1.54, 1.807) is 0 Å². The minimum atomic E-state index is -6.01. The second-order valence-corrected chi connectivity index (χ2v) is 2.71. The van der Waals surface area contributed by atoms with Gasteiger partial charge in [0.05, 0.1) is 11.8 Å². The highest BCUT2D eigenvalue weighted by Gasteiger charge is 2.60. The summed E-state index contributed by atoms with van der Waals surface area (Å²) in [5, 5.41) is 2.35. The minimum absolute atomic E-state index is 0.111. The van der Waals surface area contributed by atoms with Crippen molar-refractivity contribution >= 4 is 0 Å². The molecule has 10 heteroatoms. The maximum absolute atomic E-state index is 12.5. The lowest BCUT2D eigenvalue weighted by Gasteiger charge is -2.19. The number of aromatic nitrogens is 2. The van der Waals surface area contributed by atoms with Crippen molar-refractivity contribution in [1.82, 2.24) is 9.78 Å². The molecule has 16 heavy (non-hydrogen) atoms. The fourth-order valence-corrected chi connectivity index (χ4v) is 0.753. The average molecular weight is 254 g/mol. The molecule has 0 aliphatic heterocycles. The van der Waals surface area contributed by atoms with E-state index < -0.39 is 34.8 Å². The van der Waals surface area contributed by atoms with Gasteiger partial charge in [-0.3, -0.25) is 0 Å². The van der Waals surface area contributed by atoms with Crippen molar-refractivity contribution in [3.05, 3.63) is 18.0 Å². The highest BCUT2D eigenvalue weighted by molar-refractivity contribution is 5.09. The Morgan fingerprint density at radius 2 is 1.44 bits per heavy atom. The van der Waals surface area contributed by atoms with Crippen LogP contribution in [0.2, 0.25) is 0 Å². The lowest BCUT2D eigenvalue weighted by Crippen LogP contribution is -2.39. The summed E-state index contributed by atoms with van der Waals surface area (Å²) in [6.07, 6.45) is -11.6. The van der Waals surface area contributed by atoms with E-state index >= 15 is 0 Å². The highest BCUT2D eigenvalue weighted by Crippen LogP contribution is 2.40. The standard InChI is InChI=1S/C6H2F8N2/c7-4(8,9)3-1-15-16(2-3)6(13,14)5(10,11)12/h1-2H. The van der Waals surface area contributed by atoms with Gasteiger partial charge >= 0.3 is 18.4 Å². The number of hydrogen-bond donors (Lipinski definition) is 0. The Hall–Kier alpha value is -1.35. The maximum atomic E-state index is 12.5.